The fourth-order valence-corrected chi connectivity index (χ4v) is 0.840. The van der Waals surface area contributed by atoms with E-state index in [-0.39, 0.29) is 13.0 Å². The van der Waals surface area contributed by atoms with E-state index in [9.17, 15) is 0 Å². The van der Waals surface area contributed by atoms with Crippen LogP contribution >= 0.6 is 0 Å². The lowest BCUT2D eigenvalue weighted by atomic mass is 10.1. The van der Waals surface area contributed by atoms with Gasteiger partial charge in [-0.3, -0.25) is 0 Å². The summed E-state index contributed by atoms with van der Waals surface area (Å²) in [4.78, 5) is 0. The Morgan fingerprint density at radius 1 is 1.44 bits per heavy atom. The van der Waals surface area contributed by atoms with Crippen LogP contribution in [0.1, 0.15) is 21.3 Å². The van der Waals surface area contributed by atoms with E-state index < -0.39 is 0 Å². The zero-order valence-electron chi connectivity index (χ0n) is 5.53. The van der Waals surface area contributed by atoms with Crippen LogP contribution in [0.3, 0.4) is 0 Å². The van der Waals surface area contributed by atoms with E-state index in [0.717, 1.165) is 19.8 Å². The zero-order valence-corrected chi connectivity index (χ0v) is 5.53. The Morgan fingerprint density at radius 2 is 2.11 bits per heavy atom. The van der Waals surface area contributed by atoms with E-state index in [4.69, 9.17) is 4.74 Å². The van der Waals surface area contributed by atoms with Gasteiger partial charge in [-0.2, -0.15) is 0 Å². The van der Waals surface area contributed by atoms with E-state index in [0.29, 0.717) is 0 Å². The third-order valence-corrected chi connectivity index (χ3v) is 1.31. The molecule has 2 heteroatoms. The molecule has 0 amide bonds. The van der Waals surface area contributed by atoms with Gasteiger partial charge in [0.2, 0.25) is 0 Å². The molecule has 56 valence electrons. The topological polar surface area (TPSA) is 21.3 Å². The summed E-state index contributed by atoms with van der Waals surface area (Å²) < 4.78 is 5.22. The Balaban J connectivity index is 0.000000640. The van der Waals surface area contributed by atoms with Crippen molar-refractivity contribution in [2.45, 2.75) is 26.8 Å². The molecule has 1 rings (SSSR count). The number of rotatable bonds is 0. The Morgan fingerprint density at radius 3 is 2.33 bits per heavy atom. The van der Waals surface area contributed by atoms with Crippen LogP contribution in [0, 0.1) is 0 Å². The van der Waals surface area contributed by atoms with Crippen LogP contribution < -0.4 is 5.32 Å². The monoisotopic (exact) mass is 131 g/mol. The first kappa shape index (κ1) is 8.92. The molecular formula is C7H17NO. The van der Waals surface area contributed by atoms with Gasteiger partial charge in [0.05, 0.1) is 13.2 Å². The molecule has 0 aromatic rings. The van der Waals surface area contributed by atoms with Crippen molar-refractivity contribution in [3.05, 3.63) is 0 Å². The highest BCUT2D eigenvalue weighted by Gasteiger charge is 2.19. The van der Waals surface area contributed by atoms with Crippen LogP contribution in [0.5, 0.6) is 0 Å². The van der Waals surface area contributed by atoms with Crippen LogP contribution in [-0.4, -0.2) is 25.3 Å². The number of ether oxygens (including phenoxy) is 1. The van der Waals surface area contributed by atoms with Gasteiger partial charge in [0.15, 0.2) is 0 Å². The summed E-state index contributed by atoms with van der Waals surface area (Å²) in [5, 5.41) is 3.33. The fraction of sp³-hybridized carbons (Fsp3) is 1.00. The van der Waals surface area contributed by atoms with Crippen molar-refractivity contribution in [1.82, 2.24) is 5.32 Å². The van der Waals surface area contributed by atoms with Crippen molar-refractivity contribution in [3.63, 3.8) is 0 Å². The van der Waals surface area contributed by atoms with Gasteiger partial charge in [-0.25, -0.2) is 0 Å². The van der Waals surface area contributed by atoms with Crippen molar-refractivity contribution >= 4 is 0 Å². The molecule has 0 aromatic heterocycles. The van der Waals surface area contributed by atoms with E-state index in [2.05, 4.69) is 19.2 Å². The fourth-order valence-electron chi connectivity index (χ4n) is 0.840. The molecule has 2 nitrogen and oxygen atoms in total. The van der Waals surface area contributed by atoms with Crippen molar-refractivity contribution in [1.29, 1.82) is 0 Å². The summed E-state index contributed by atoms with van der Waals surface area (Å²) in [7, 11) is 0. The Labute approximate surface area is 57.6 Å². The molecule has 1 saturated heterocycles. The molecule has 0 saturated carbocycles. The normalized spacial score (nSPS) is 24.7. The molecule has 0 bridgehead atoms. The van der Waals surface area contributed by atoms with Crippen LogP contribution in [0.2, 0.25) is 0 Å². The average Bonchev–Trinajstić information content (AvgIpc) is 1.65. The number of hydrogen-bond donors (Lipinski definition) is 1. The summed E-state index contributed by atoms with van der Waals surface area (Å²) in [5.41, 5.74) is 0.207. The van der Waals surface area contributed by atoms with Gasteiger partial charge in [-0.1, -0.05) is 7.43 Å². The Hall–Kier alpha value is -0.0800. The first-order valence-electron chi connectivity index (χ1n) is 3.03. The summed E-state index contributed by atoms with van der Waals surface area (Å²) in [6, 6.07) is 0. The molecule has 9 heavy (non-hydrogen) atoms. The van der Waals surface area contributed by atoms with Gasteiger partial charge in [0.1, 0.15) is 0 Å². The second kappa shape index (κ2) is 3.18. The maximum absolute atomic E-state index is 5.22. The van der Waals surface area contributed by atoms with Gasteiger partial charge < -0.3 is 10.1 Å². The smallest absolute Gasteiger partial charge is 0.0643 e. The minimum Gasteiger partial charge on any atom is -0.378 e. The SMILES string of the molecule is C.CC1(C)COCCN1. The highest BCUT2D eigenvalue weighted by molar-refractivity contribution is 4.79. The van der Waals surface area contributed by atoms with Gasteiger partial charge in [0.25, 0.3) is 0 Å². The summed E-state index contributed by atoms with van der Waals surface area (Å²) >= 11 is 0. The minimum atomic E-state index is 0. The predicted molar refractivity (Wildman–Crippen MR) is 39.6 cm³/mol. The second-order valence-electron chi connectivity index (χ2n) is 2.86. The third kappa shape index (κ3) is 2.82. The molecule has 1 N–H and O–H groups in total. The first-order valence-corrected chi connectivity index (χ1v) is 3.03. The largest absolute Gasteiger partial charge is 0.378 e. The highest BCUT2D eigenvalue weighted by atomic mass is 16.5. The predicted octanol–water partition coefficient (Wildman–Crippen LogP) is 1.02. The molecular weight excluding hydrogens is 114 g/mol. The third-order valence-electron chi connectivity index (χ3n) is 1.31. The summed E-state index contributed by atoms with van der Waals surface area (Å²) in [6.07, 6.45) is 0. The maximum Gasteiger partial charge on any atom is 0.0643 e. The van der Waals surface area contributed by atoms with E-state index in [1.165, 1.54) is 0 Å². The van der Waals surface area contributed by atoms with Crippen molar-refractivity contribution in [3.8, 4) is 0 Å². The molecule has 0 radical (unpaired) electrons. The Kier molecular flexibility index (Phi) is 3.15. The van der Waals surface area contributed by atoms with Crippen molar-refractivity contribution in [2.24, 2.45) is 0 Å². The van der Waals surface area contributed by atoms with E-state index in [1.54, 1.807) is 0 Å². The zero-order chi connectivity index (χ0) is 6.04. The number of nitrogens with one attached hydrogen (secondary N) is 1. The van der Waals surface area contributed by atoms with Crippen molar-refractivity contribution < 1.29 is 4.74 Å². The van der Waals surface area contributed by atoms with Crippen molar-refractivity contribution in [2.75, 3.05) is 19.8 Å². The molecule has 0 aromatic carbocycles. The van der Waals surface area contributed by atoms with E-state index >= 15 is 0 Å². The summed E-state index contributed by atoms with van der Waals surface area (Å²) in [5.74, 6) is 0. The molecule has 0 unspecified atom stereocenters. The molecule has 0 spiro atoms. The Bertz CT molecular complexity index is 73.0. The number of hydrogen-bond acceptors (Lipinski definition) is 2. The van der Waals surface area contributed by atoms with Gasteiger partial charge in [-0.05, 0) is 13.8 Å². The highest BCUT2D eigenvalue weighted by Crippen LogP contribution is 2.04. The molecule has 1 aliphatic rings. The molecule has 1 fully saturated rings. The second-order valence-corrected chi connectivity index (χ2v) is 2.86. The van der Waals surface area contributed by atoms with E-state index in [1.807, 2.05) is 0 Å². The maximum atomic E-state index is 5.22. The quantitative estimate of drug-likeness (QED) is 0.530. The molecule has 0 aliphatic carbocycles. The van der Waals surface area contributed by atoms with Crippen LogP contribution in [0.15, 0.2) is 0 Å². The minimum absolute atomic E-state index is 0. The first-order chi connectivity index (χ1) is 3.71. The van der Waals surface area contributed by atoms with Gasteiger partial charge in [0, 0.05) is 12.1 Å². The van der Waals surface area contributed by atoms with Crippen LogP contribution in [0.4, 0.5) is 0 Å². The molecule has 1 aliphatic heterocycles. The van der Waals surface area contributed by atoms with Gasteiger partial charge >= 0.3 is 0 Å². The standard InChI is InChI=1S/C6H13NO.CH4/c1-6(2)5-8-4-3-7-6;/h7H,3-5H2,1-2H3;1H4. The van der Waals surface area contributed by atoms with Gasteiger partial charge in [-0.15, -0.1) is 0 Å². The summed E-state index contributed by atoms with van der Waals surface area (Å²) in [6.45, 7) is 6.99. The molecule has 0 atom stereocenters. The average molecular weight is 131 g/mol. The molecule has 1 heterocycles. The van der Waals surface area contributed by atoms with Crippen LogP contribution in [0.25, 0.3) is 0 Å². The lowest BCUT2D eigenvalue weighted by Crippen LogP contribution is -2.49. The lowest BCUT2D eigenvalue weighted by Gasteiger charge is -2.30. The lowest BCUT2D eigenvalue weighted by molar-refractivity contribution is 0.0436. The van der Waals surface area contributed by atoms with Crippen LogP contribution in [-0.2, 0) is 4.74 Å². The number of morpholine rings is 1.